The normalized spacial score (nSPS) is 12.3. The van der Waals surface area contributed by atoms with Gasteiger partial charge in [0.05, 0.1) is 16.1 Å². The van der Waals surface area contributed by atoms with Crippen molar-refractivity contribution < 1.29 is 15.0 Å². The Bertz CT molecular complexity index is 451. The molecule has 18 heavy (non-hydrogen) atoms. The third-order valence-electron chi connectivity index (χ3n) is 2.49. The summed E-state index contributed by atoms with van der Waals surface area (Å²) in [4.78, 5) is 13.5. The lowest BCUT2D eigenvalue weighted by Gasteiger charge is -2.19. The average molecular weight is 337 g/mol. The summed E-state index contributed by atoms with van der Waals surface area (Å²) < 4.78 is 0.377. The number of aliphatic hydroxyl groups excluding tert-OH is 1. The molecule has 2 N–H and O–H groups in total. The maximum absolute atomic E-state index is 12.1. The predicted molar refractivity (Wildman–Crippen MR) is 74.1 cm³/mol. The van der Waals surface area contributed by atoms with Crippen LogP contribution in [0.1, 0.15) is 23.7 Å². The number of aromatic hydroxyl groups is 1. The van der Waals surface area contributed by atoms with E-state index in [9.17, 15) is 15.0 Å². The number of phenols is 1. The predicted octanol–water partition coefficient (Wildman–Crippen LogP) is 2.65. The summed E-state index contributed by atoms with van der Waals surface area (Å²) in [5, 5.41) is 19.4. The smallest absolute Gasteiger partial charge is 0.257 e. The second-order valence-electron chi connectivity index (χ2n) is 4.15. The van der Waals surface area contributed by atoms with E-state index in [2.05, 4.69) is 15.9 Å². The van der Waals surface area contributed by atoms with Gasteiger partial charge >= 0.3 is 0 Å². The fourth-order valence-corrected chi connectivity index (χ4v) is 2.23. The lowest BCUT2D eigenvalue weighted by atomic mass is 10.1. The van der Waals surface area contributed by atoms with Crippen LogP contribution in [0.25, 0.3) is 0 Å². The fraction of sp³-hybridized carbons (Fsp3) is 0.417. The summed E-state index contributed by atoms with van der Waals surface area (Å²) in [6, 6.07) is 2.94. The molecule has 1 rings (SSSR count). The van der Waals surface area contributed by atoms with Crippen molar-refractivity contribution in [2.45, 2.75) is 19.4 Å². The van der Waals surface area contributed by atoms with Gasteiger partial charge in [0.2, 0.25) is 0 Å². The molecule has 4 nitrogen and oxygen atoms in total. The van der Waals surface area contributed by atoms with Gasteiger partial charge in [0.15, 0.2) is 0 Å². The van der Waals surface area contributed by atoms with Crippen LogP contribution in [-0.2, 0) is 0 Å². The molecule has 1 aromatic carbocycles. The van der Waals surface area contributed by atoms with Gasteiger partial charge in [0.1, 0.15) is 5.75 Å². The van der Waals surface area contributed by atoms with Crippen LogP contribution in [0.3, 0.4) is 0 Å². The molecule has 1 atom stereocenters. The second-order valence-corrected chi connectivity index (χ2v) is 5.44. The molecule has 1 amide bonds. The standard InChI is InChI=1S/C12H15BrClNO3/c1-7(16)3-4-15(2)12(18)9-5-8(14)6-10(13)11(9)17/h5-7,16-17H,3-4H2,1-2H3. The number of halogens is 2. The molecule has 1 unspecified atom stereocenters. The summed E-state index contributed by atoms with van der Waals surface area (Å²) >= 11 is 8.98. The first-order valence-electron chi connectivity index (χ1n) is 5.44. The Hall–Kier alpha value is -0.780. The minimum atomic E-state index is -0.472. The van der Waals surface area contributed by atoms with Crippen molar-refractivity contribution in [2.75, 3.05) is 13.6 Å². The SMILES string of the molecule is CC(O)CCN(C)C(=O)c1cc(Cl)cc(Br)c1O. The largest absolute Gasteiger partial charge is 0.506 e. The molecular weight excluding hydrogens is 321 g/mol. The number of benzene rings is 1. The molecule has 0 saturated heterocycles. The quantitative estimate of drug-likeness (QED) is 0.888. The summed E-state index contributed by atoms with van der Waals surface area (Å²) in [6.45, 7) is 2.06. The minimum Gasteiger partial charge on any atom is -0.506 e. The molecule has 0 aliphatic heterocycles. The van der Waals surface area contributed by atoms with Crippen LogP contribution in [0.5, 0.6) is 5.75 Å². The number of phenolic OH excluding ortho intramolecular Hbond substituents is 1. The molecule has 6 heteroatoms. The molecule has 0 aliphatic rings. The van der Waals surface area contributed by atoms with E-state index in [1.165, 1.54) is 17.0 Å². The van der Waals surface area contributed by atoms with E-state index in [-0.39, 0.29) is 17.2 Å². The summed E-state index contributed by atoms with van der Waals surface area (Å²) in [5.41, 5.74) is 0.141. The molecule has 1 aromatic rings. The van der Waals surface area contributed by atoms with Crippen LogP contribution in [0.2, 0.25) is 5.02 Å². The molecule has 0 fully saturated rings. The number of hydrogen-bond acceptors (Lipinski definition) is 3. The first-order chi connectivity index (χ1) is 8.32. The van der Waals surface area contributed by atoms with Gasteiger partial charge in [0, 0.05) is 18.6 Å². The lowest BCUT2D eigenvalue weighted by molar-refractivity contribution is 0.0766. The highest BCUT2D eigenvalue weighted by atomic mass is 79.9. The van der Waals surface area contributed by atoms with Crippen LogP contribution >= 0.6 is 27.5 Å². The second kappa shape index (κ2) is 6.41. The number of hydrogen-bond donors (Lipinski definition) is 2. The average Bonchev–Trinajstić information content (AvgIpc) is 2.29. The van der Waals surface area contributed by atoms with Gasteiger partial charge in [0.25, 0.3) is 5.91 Å². The minimum absolute atomic E-state index is 0.131. The van der Waals surface area contributed by atoms with Crippen molar-refractivity contribution in [1.29, 1.82) is 0 Å². The topological polar surface area (TPSA) is 60.8 Å². The van der Waals surface area contributed by atoms with Gasteiger partial charge in [-0.2, -0.15) is 0 Å². The first kappa shape index (κ1) is 15.3. The molecule has 0 aromatic heterocycles. The van der Waals surface area contributed by atoms with Crippen molar-refractivity contribution in [3.05, 3.63) is 27.2 Å². The zero-order chi connectivity index (χ0) is 13.9. The Labute approximate surface area is 119 Å². The first-order valence-corrected chi connectivity index (χ1v) is 6.61. The summed E-state index contributed by atoms with van der Waals surface area (Å²) in [5.74, 6) is -0.468. The van der Waals surface area contributed by atoms with Crippen LogP contribution in [0, 0.1) is 0 Å². The molecule has 0 heterocycles. The number of nitrogens with zero attached hydrogens (tertiary/aromatic N) is 1. The molecule has 0 aliphatic carbocycles. The Balaban J connectivity index is 2.90. The zero-order valence-corrected chi connectivity index (χ0v) is 12.5. The van der Waals surface area contributed by atoms with Gasteiger partial charge in [-0.15, -0.1) is 0 Å². The van der Waals surface area contributed by atoms with Crippen molar-refractivity contribution in [2.24, 2.45) is 0 Å². The van der Waals surface area contributed by atoms with E-state index >= 15 is 0 Å². The number of rotatable bonds is 4. The summed E-state index contributed by atoms with van der Waals surface area (Å²) in [7, 11) is 1.61. The van der Waals surface area contributed by atoms with Crippen LogP contribution in [0.15, 0.2) is 16.6 Å². The van der Waals surface area contributed by atoms with Crippen molar-refractivity contribution >= 4 is 33.4 Å². The number of aliphatic hydroxyl groups is 1. The van der Waals surface area contributed by atoms with Crippen molar-refractivity contribution in [1.82, 2.24) is 4.90 Å². The van der Waals surface area contributed by atoms with Gasteiger partial charge in [-0.3, -0.25) is 4.79 Å². The number of carbonyl (C=O) groups is 1. The van der Waals surface area contributed by atoms with E-state index < -0.39 is 6.10 Å². The molecule has 0 bridgehead atoms. The van der Waals surface area contributed by atoms with E-state index in [0.717, 1.165) is 0 Å². The molecule has 0 saturated carbocycles. The summed E-state index contributed by atoms with van der Waals surface area (Å²) in [6.07, 6.45) is 0.00465. The van der Waals surface area contributed by atoms with Gasteiger partial charge in [-0.25, -0.2) is 0 Å². The highest BCUT2D eigenvalue weighted by Gasteiger charge is 2.18. The molecule has 100 valence electrons. The zero-order valence-electron chi connectivity index (χ0n) is 10.2. The van der Waals surface area contributed by atoms with Crippen LogP contribution in [0.4, 0.5) is 0 Å². The van der Waals surface area contributed by atoms with Gasteiger partial charge in [-0.1, -0.05) is 11.6 Å². The highest BCUT2D eigenvalue weighted by molar-refractivity contribution is 9.10. The maximum Gasteiger partial charge on any atom is 0.257 e. The van der Waals surface area contributed by atoms with Crippen LogP contribution < -0.4 is 0 Å². The van der Waals surface area contributed by atoms with E-state index in [1.54, 1.807) is 14.0 Å². The lowest BCUT2D eigenvalue weighted by Crippen LogP contribution is -2.29. The van der Waals surface area contributed by atoms with Crippen molar-refractivity contribution in [3.63, 3.8) is 0 Å². The highest BCUT2D eigenvalue weighted by Crippen LogP contribution is 2.32. The molecular formula is C12H15BrClNO3. The van der Waals surface area contributed by atoms with Crippen molar-refractivity contribution in [3.8, 4) is 5.75 Å². The monoisotopic (exact) mass is 335 g/mol. The third-order valence-corrected chi connectivity index (χ3v) is 3.31. The maximum atomic E-state index is 12.1. The van der Waals surface area contributed by atoms with Gasteiger partial charge in [-0.05, 0) is 41.4 Å². The fourth-order valence-electron chi connectivity index (χ4n) is 1.42. The molecule has 0 spiro atoms. The Morgan fingerprint density at radius 1 is 1.56 bits per heavy atom. The van der Waals surface area contributed by atoms with Crippen LogP contribution in [-0.4, -0.2) is 40.7 Å². The number of amides is 1. The van der Waals surface area contributed by atoms with Gasteiger partial charge < -0.3 is 15.1 Å². The van der Waals surface area contributed by atoms with E-state index in [1.807, 2.05) is 0 Å². The number of carbonyl (C=O) groups excluding carboxylic acids is 1. The van der Waals surface area contributed by atoms with E-state index in [4.69, 9.17) is 11.6 Å². The Morgan fingerprint density at radius 2 is 2.17 bits per heavy atom. The third kappa shape index (κ3) is 3.86. The Morgan fingerprint density at radius 3 is 2.72 bits per heavy atom. The Kier molecular flexibility index (Phi) is 5.44. The van der Waals surface area contributed by atoms with E-state index in [0.29, 0.717) is 22.5 Å². The molecule has 0 radical (unpaired) electrons.